The fraction of sp³-hybridized carbons (Fsp3) is 0.444. The van der Waals surface area contributed by atoms with Gasteiger partial charge in [0.05, 0.1) is 39.2 Å². The molecule has 1 unspecified atom stereocenters. The van der Waals surface area contributed by atoms with Crippen LogP contribution in [0.5, 0.6) is 11.5 Å². The molecule has 37 heavy (non-hydrogen) atoms. The summed E-state index contributed by atoms with van der Waals surface area (Å²) in [7, 11) is 3.11. The molecule has 2 aromatic rings. The Morgan fingerprint density at radius 1 is 1.14 bits per heavy atom. The number of nitrogens with zero attached hydrogens (tertiary/aromatic N) is 4. The van der Waals surface area contributed by atoms with E-state index in [2.05, 4.69) is 10.0 Å². The van der Waals surface area contributed by atoms with Crippen LogP contribution in [0.1, 0.15) is 30.5 Å². The van der Waals surface area contributed by atoms with Gasteiger partial charge in [-0.3, -0.25) is 14.5 Å². The summed E-state index contributed by atoms with van der Waals surface area (Å²) in [6, 6.07) is 11.1. The van der Waals surface area contributed by atoms with Gasteiger partial charge in [0.25, 0.3) is 5.91 Å². The van der Waals surface area contributed by atoms with Crippen LogP contribution in [0.25, 0.3) is 0 Å². The van der Waals surface area contributed by atoms with Gasteiger partial charge in [0.15, 0.2) is 0 Å². The molecule has 0 radical (unpaired) electrons. The second-order valence-corrected chi connectivity index (χ2v) is 8.99. The van der Waals surface area contributed by atoms with Gasteiger partial charge in [-0.2, -0.15) is 5.10 Å². The lowest BCUT2D eigenvalue weighted by atomic mass is 9.97. The van der Waals surface area contributed by atoms with E-state index in [4.69, 9.17) is 14.2 Å². The van der Waals surface area contributed by atoms with Crippen molar-refractivity contribution in [3.63, 3.8) is 0 Å². The second-order valence-electron chi connectivity index (χ2n) is 8.99. The summed E-state index contributed by atoms with van der Waals surface area (Å²) in [5, 5.41) is 5.92. The zero-order valence-corrected chi connectivity index (χ0v) is 21.5. The Labute approximate surface area is 216 Å². The summed E-state index contributed by atoms with van der Waals surface area (Å²) in [6.45, 7) is 5.26. The van der Waals surface area contributed by atoms with Crippen LogP contribution in [0.3, 0.4) is 0 Å². The van der Waals surface area contributed by atoms with Crippen LogP contribution in [0.15, 0.2) is 47.6 Å². The van der Waals surface area contributed by atoms with Crippen molar-refractivity contribution in [2.24, 2.45) is 5.10 Å². The van der Waals surface area contributed by atoms with Crippen molar-refractivity contribution in [3.8, 4) is 11.5 Å². The molecule has 2 aliphatic heterocycles. The number of hydrogen-bond donors (Lipinski definition) is 0. The molecule has 198 valence electrons. The fourth-order valence-corrected chi connectivity index (χ4v) is 4.61. The first-order chi connectivity index (χ1) is 17.9. The Balaban J connectivity index is 1.61. The van der Waals surface area contributed by atoms with E-state index in [1.54, 1.807) is 50.6 Å². The van der Waals surface area contributed by atoms with E-state index in [-0.39, 0.29) is 24.8 Å². The maximum Gasteiger partial charge on any atom is 0.262 e. The van der Waals surface area contributed by atoms with Gasteiger partial charge in [-0.1, -0.05) is 18.2 Å². The zero-order chi connectivity index (χ0) is 26.4. The van der Waals surface area contributed by atoms with E-state index in [1.807, 2.05) is 0 Å². The molecule has 0 saturated carbocycles. The maximum atomic E-state index is 14.7. The number of hydrazone groups is 1. The van der Waals surface area contributed by atoms with Crippen molar-refractivity contribution in [1.82, 2.24) is 14.8 Å². The van der Waals surface area contributed by atoms with Crippen molar-refractivity contribution in [2.75, 3.05) is 60.2 Å². The Kier molecular flexibility index (Phi) is 8.73. The van der Waals surface area contributed by atoms with E-state index < -0.39 is 11.9 Å². The molecule has 0 N–H and O–H groups in total. The smallest absolute Gasteiger partial charge is 0.262 e. The lowest BCUT2D eigenvalue weighted by molar-refractivity contribution is -0.140. The molecule has 0 bridgehead atoms. The van der Waals surface area contributed by atoms with Crippen molar-refractivity contribution >= 4 is 17.5 Å². The van der Waals surface area contributed by atoms with E-state index in [9.17, 15) is 14.0 Å². The van der Waals surface area contributed by atoms with E-state index in [0.717, 1.165) is 13.1 Å². The minimum Gasteiger partial charge on any atom is -0.497 e. The van der Waals surface area contributed by atoms with Crippen LogP contribution in [0, 0.1) is 5.82 Å². The summed E-state index contributed by atoms with van der Waals surface area (Å²) < 4.78 is 31.0. The van der Waals surface area contributed by atoms with Crippen LogP contribution in [-0.2, 0) is 14.3 Å². The summed E-state index contributed by atoms with van der Waals surface area (Å²) in [4.78, 5) is 29.8. The minimum absolute atomic E-state index is 0.142. The fourth-order valence-electron chi connectivity index (χ4n) is 4.61. The molecule has 0 aliphatic carbocycles. The number of halogens is 1. The average molecular weight is 513 g/mol. The molecule has 1 saturated heterocycles. The lowest BCUT2D eigenvalue weighted by Crippen LogP contribution is -2.46. The van der Waals surface area contributed by atoms with Crippen molar-refractivity contribution in [3.05, 3.63) is 59.4 Å². The highest BCUT2D eigenvalue weighted by atomic mass is 19.1. The van der Waals surface area contributed by atoms with E-state index in [1.165, 1.54) is 22.9 Å². The average Bonchev–Trinajstić information content (AvgIpc) is 3.36. The van der Waals surface area contributed by atoms with Gasteiger partial charge in [-0.15, -0.1) is 0 Å². The van der Waals surface area contributed by atoms with Crippen LogP contribution in [-0.4, -0.2) is 92.5 Å². The van der Waals surface area contributed by atoms with E-state index >= 15 is 0 Å². The number of amides is 2. The van der Waals surface area contributed by atoms with Gasteiger partial charge in [-0.25, -0.2) is 9.40 Å². The molecule has 4 rings (SSSR count). The number of morpholine rings is 1. The number of ether oxygens (including phenoxy) is 3. The molecule has 2 heterocycles. The molecule has 2 aliphatic rings. The first kappa shape index (κ1) is 26.6. The van der Waals surface area contributed by atoms with Crippen LogP contribution >= 0.6 is 0 Å². The first-order valence-electron chi connectivity index (χ1n) is 12.3. The molecule has 1 fully saturated rings. The Morgan fingerprint density at radius 2 is 1.89 bits per heavy atom. The molecule has 0 spiro atoms. The van der Waals surface area contributed by atoms with Crippen LogP contribution in [0.2, 0.25) is 0 Å². The van der Waals surface area contributed by atoms with Gasteiger partial charge in [0.1, 0.15) is 23.9 Å². The number of carbonyl (C=O) groups is 2. The third-order valence-electron chi connectivity index (χ3n) is 6.71. The highest BCUT2D eigenvalue weighted by Gasteiger charge is 2.36. The van der Waals surface area contributed by atoms with Gasteiger partial charge in [0.2, 0.25) is 5.91 Å². The highest BCUT2D eigenvalue weighted by Crippen LogP contribution is 2.39. The maximum absolute atomic E-state index is 14.7. The van der Waals surface area contributed by atoms with Gasteiger partial charge in [0, 0.05) is 50.7 Å². The molecule has 2 amide bonds. The summed E-state index contributed by atoms with van der Waals surface area (Å²) in [5.41, 5.74) is 1.47. The molecule has 1 atom stereocenters. The predicted molar refractivity (Wildman–Crippen MR) is 136 cm³/mol. The summed E-state index contributed by atoms with van der Waals surface area (Å²) in [6.07, 6.45) is 0.282. The largest absolute Gasteiger partial charge is 0.497 e. The molecular weight excluding hydrogens is 479 g/mol. The molecule has 9 nitrogen and oxygen atoms in total. The van der Waals surface area contributed by atoms with Crippen molar-refractivity contribution in [1.29, 1.82) is 0 Å². The van der Waals surface area contributed by atoms with Gasteiger partial charge >= 0.3 is 0 Å². The zero-order valence-electron chi connectivity index (χ0n) is 21.5. The summed E-state index contributed by atoms with van der Waals surface area (Å²) in [5.74, 6) is 0.179. The number of hydrogen-bond acceptors (Lipinski definition) is 7. The highest BCUT2D eigenvalue weighted by molar-refractivity contribution is 6.03. The second kappa shape index (κ2) is 12.2. The SMILES string of the molecule is COc1ccc(OC)c(C2CC(c3ccccc3F)=NN2C(=O)CN(CCN2CCOCC2)C(C)=O)c1. The van der Waals surface area contributed by atoms with Crippen LogP contribution < -0.4 is 9.47 Å². The third kappa shape index (κ3) is 6.26. The van der Waals surface area contributed by atoms with Crippen LogP contribution in [0.4, 0.5) is 4.39 Å². The number of rotatable bonds is 9. The normalized spacial score (nSPS) is 17.9. The predicted octanol–water partition coefficient (Wildman–Crippen LogP) is 2.70. The minimum atomic E-state index is -0.555. The summed E-state index contributed by atoms with van der Waals surface area (Å²) >= 11 is 0. The molecule has 2 aromatic carbocycles. The standard InChI is InChI=1S/C27H33FN4O5/c1-19(33)31(11-10-30-12-14-37-15-13-30)18-27(34)32-25(22-16-20(35-2)8-9-26(22)36-3)17-24(29-32)21-6-4-5-7-23(21)28/h4-9,16,25H,10-15,17-18H2,1-3H3. The van der Waals surface area contributed by atoms with Crippen molar-refractivity contribution < 1.29 is 28.2 Å². The number of benzene rings is 2. The Hall–Kier alpha value is -3.50. The van der Waals surface area contributed by atoms with E-state index in [0.29, 0.717) is 54.6 Å². The topological polar surface area (TPSA) is 83.9 Å². The lowest BCUT2D eigenvalue weighted by Gasteiger charge is -2.30. The molecule has 0 aromatic heterocycles. The Bertz CT molecular complexity index is 1150. The van der Waals surface area contributed by atoms with Gasteiger partial charge < -0.3 is 19.1 Å². The van der Waals surface area contributed by atoms with Gasteiger partial charge in [-0.05, 0) is 24.3 Å². The van der Waals surface area contributed by atoms with Crippen molar-refractivity contribution in [2.45, 2.75) is 19.4 Å². The Morgan fingerprint density at radius 3 is 2.57 bits per heavy atom. The quantitative estimate of drug-likeness (QED) is 0.514. The third-order valence-corrected chi connectivity index (χ3v) is 6.71. The molecular formula is C27H33FN4O5. The number of carbonyl (C=O) groups excluding carboxylic acids is 2. The molecule has 10 heteroatoms. The monoisotopic (exact) mass is 512 g/mol. The first-order valence-corrected chi connectivity index (χ1v) is 12.3. The number of methoxy groups -OCH3 is 2.